The summed E-state index contributed by atoms with van der Waals surface area (Å²) in [4.78, 5) is 11.0. The number of hydrogen-bond acceptors (Lipinski definition) is 3. The standard InChI is InChI=1S/C12H9NO3/c14-12(15)11-10-8-4-2-1-3-7(8)5-6-9(10)16-13-11/h1-4H,5-6H2,(H,14,15). The third kappa shape index (κ3) is 1.16. The Hall–Kier alpha value is -2.10. The number of carbonyl (C=O) groups is 1. The van der Waals surface area contributed by atoms with Crippen LogP contribution in [0.15, 0.2) is 28.8 Å². The van der Waals surface area contributed by atoms with Crippen LogP contribution in [-0.2, 0) is 12.8 Å². The van der Waals surface area contributed by atoms with Crippen LogP contribution in [0.3, 0.4) is 0 Å². The van der Waals surface area contributed by atoms with E-state index in [0.717, 1.165) is 17.5 Å². The molecule has 1 heterocycles. The van der Waals surface area contributed by atoms with Gasteiger partial charge in [-0.25, -0.2) is 4.79 Å². The molecule has 1 aromatic carbocycles. The van der Waals surface area contributed by atoms with Crippen LogP contribution in [0, 0.1) is 0 Å². The summed E-state index contributed by atoms with van der Waals surface area (Å²) >= 11 is 0. The molecule has 0 radical (unpaired) electrons. The van der Waals surface area contributed by atoms with Gasteiger partial charge in [-0.1, -0.05) is 29.4 Å². The van der Waals surface area contributed by atoms with Crippen molar-refractivity contribution in [3.8, 4) is 11.1 Å². The lowest BCUT2D eigenvalue weighted by atomic mass is 9.89. The third-order valence-corrected chi connectivity index (χ3v) is 2.87. The van der Waals surface area contributed by atoms with Gasteiger partial charge in [0, 0.05) is 6.42 Å². The number of nitrogens with zero attached hydrogens (tertiary/aromatic N) is 1. The zero-order chi connectivity index (χ0) is 11.1. The van der Waals surface area contributed by atoms with Crippen molar-refractivity contribution in [3.05, 3.63) is 41.3 Å². The van der Waals surface area contributed by atoms with Crippen molar-refractivity contribution in [1.29, 1.82) is 0 Å². The Bertz CT molecular complexity index is 571. The first-order valence-electron chi connectivity index (χ1n) is 5.07. The van der Waals surface area contributed by atoms with Gasteiger partial charge in [0.25, 0.3) is 0 Å². The minimum absolute atomic E-state index is 0.0159. The molecule has 1 aliphatic carbocycles. The number of aromatic carboxylic acids is 1. The maximum absolute atomic E-state index is 11.0. The molecule has 0 atom stereocenters. The molecule has 4 heteroatoms. The molecule has 0 fully saturated rings. The van der Waals surface area contributed by atoms with Crippen LogP contribution in [0.1, 0.15) is 21.8 Å². The number of fused-ring (bicyclic) bond motifs is 3. The van der Waals surface area contributed by atoms with Crippen LogP contribution in [0.25, 0.3) is 11.1 Å². The average molecular weight is 215 g/mol. The zero-order valence-electron chi connectivity index (χ0n) is 8.43. The zero-order valence-corrected chi connectivity index (χ0v) is 8.43. The van der Waals surface area contributed by atoms with Crippen LogP contribution in [0.4, 0.5) is 0 Å². The van der Waals surface area contributed by atoms with Crippen molar-refractivity contribution in [3.63, 3.8) is 0 Å². The maximum atomic E-state index is 11.0. The largest absolute Gasteiger partial charge is 0.476 e. The fraction of sp³-hybridized carbons (Fsp3) is 0.167. The second-order valence-electron chi connectivity index (χ2n) is 3.79. The number of aryl methyl sites for hydroxylation is 2. The quantitative estimate of drug-likeness (QED) is 0.791. The van der Waals surface area contributed by atoms with Gasteiger partial charge in [0.15, 0.2) is 5.69 Å². The second-order valence-corrected chi connectivity index (χ2v) is 3.79. The summed E-state index contributed by atoms with van der Waals surface area (Å²) in [5.41, 5.74) is 2.75. The van der Waals surface area contributed by atoms with Gasteiger partial charge >= 0.3 is 5.97 Å². The normalized spacial score (nSPS) is 13.0. The number of aromatic nitrogens is 1. The Morgan fingerprint density at radius 1 is 1.31 bits per heavy atom. The highest BCUT2D eigenvalue weighted by molar-refractivity contribution is 5.95. The van der Waals surface area contributed by atoms with Crippen molar-refractivity contribution in [1.82, 2.24) is 5.16 Å². The SMILES string of the molecule is O=C(O)c1noc2c1-c1ccccc1CC2. The smallest absolute Gasteiger partial charge is 0.358 e. The van der Waals surface area contributed by atoms with E-state index in [1.165, 1.54) is 0 Å². The highest BCUT2D eigenvalue weighted by Crippen LogP contribution is 2.35. The topological polar surface area (TPSA) is 63.3 Å². The Morgan fingerprint density at radius 3 is 2.94 bits per heavy atom. The van der Waals surface area contributed by atoms with Gasteiger partial charge < -0.3 is 9.63 Å². The molecule has 2 aromatic rings. The van der Waals surface area contributed by atoms with Gasteiger partial charge in [-0.2, -0.15) is 0 Å². The fourth-order valence-corrected chi connectivity index (χ4v) is 2.15. The Balaban J connectivity index is 2.29. The van der Waals surface area contributed by atoms with Gasteiger partial charge in [-0.15, -0.1) is 0 Å². The molecule has 80 valence electrons. The first-order valence-corrected chi connectivity index (χ1v) is 5.07. The average Bonchev–Trinajstić information content (AvgIpc) is 2.73. The van der Waals surface area contributed by atoms with Gasteiger partial charge in [0.1, 0.15) is 5.76 Å². The number of rotatable bonds is 1. The number of hydrogen-bond donors (Lipinski definition) is 1. The summed E-state index contributed by atoms with van der Waals surface area (Å²) in [5.74, 6) is -0.363. The van der Waals surface area contributed by atoms with Gasteiger partial charge in [0.2, 0.25) is 0 Å². The minimum Gasteiger partial charge on any atom is -0.476 e. The summed E-state index contributed by atoms with van der Waals surface area (Å²) in [5, 5.41) is 12.7. The van der Waals surface area contributed by atoms with Crippen molar-refractivity contribution >= 4 is 5.97 Å². The van der Waals surface area contributed by atoms with E-state index in [9.17, 15) is 4.79 Å². The highest BCUT2D eigenvalue weighted by atomic mass is 16.5. The highest BCUT2D eigenvalue weighted by Gasteiger charge is 2.27. The first kappa shape index (κ1) is 9.15. The van der Waals surface area contributed by atoms with Crippen LogP contribution in [0.2, 0.25) is 0 Å². The molecular weight excluding hydrogens is 206 g/mol. The predicted molar refractivity (Wildman–Crippen MR) is 56.3 cm³/mol. The maximum Gasteiger partial charge on any atom is 0.358 e. The van der Waals surface area contributed by atoms with Crippen LogP contribution >= 0.6 is 0 Å². The lowest BCUT2D eigenvalue weighted by molar-refractivity contribution is 0.0686. The summed E-state index contributed by atoms with van der Waals surface area (Å²) in [6.07, 6.45) is 1.59. The van der Waals surface area contributed by atoms with Gasteiger partial charge in [-0.05, 0) is 17.5 Å². The van der Waals surface area contributed by atoms with Crippen molar-refractivity contribution < 1.29 is 14.4 Å². The first-order chi connectivity index (χ1) is 7.77. The van der Waals surface area contributed by atoms with E-state index in [-0.39, 0.29) is 5.69 Å². The van der Waals surface area contributed by atoms with Crippen LogP contribution in [-0.4, -0.2) is 16.2 Å². The van der Waals surface area contributed by atoms with E-state index in [1.54, 1.807) is 0 Å². The summed E-state index contributed by atoms with van der Waals surface area (Å²) in [7, 11) is 0. The number of carboxylic acids is 1. The molecule has 0 aliphatic heterocycles. The van der Waals surface area contributed by atoms with E-state index in [0.29, 0.717) is 17.7 Å². The summed E-state index contributed by atoms with van der Waals surface area (Å²) in [6, 6.07) is 7.78. The van der Waals surface area contributed by atoms with Crippen molar-refractivity contribution in [2.45, 2.75) is 12.8 Å². The number of benzene rings is 1. The molecule has 3 rings (SSSR count). The van der Waals surface area contributed by atoms with E-state index in [2.05, 4.69) is 5.16 Å². The fourth-order valence-electron chi connectivity index (χ4n) is 2.15. The lowest BCUT2D eigenvalue weighted by Gasteiger charge is -2.14. The minimum atomic E-state index is -1.04. The van der Waals surface area contributed by atoms with Crippen LogP contribution < -0.4 is 0 Å². The molecular formula is C12H9NO3. The molecule has 0 amide bonds. The predicted octanol–water partition coefficient (Wildman–Crippen LogP) is 2.14. The molecule has 4 nitrogen and oxygen atoms in total. The monoisotopic (exact) mass is 215 g/mol. The van der Waals surface area contributed by atoms with E-state index >= 15 is 0 Å². The molecule has 0 bridgehead atoms. The summed E-state index contributed by atoms with van der Waals surface area (Å²) in [6.45, 7) is 0. The van der Waals surface area contributed by atoms with E-state index in [1.807, 2.05) is 24.3 Å². The Labute approximate surface area is 91.5 Å². The molecule has 1 aliphatic rings. The lowest BCUT2D eigenvalue weighted by Crippen LogP contribution is -2.05. The molecule has 16 heavy (non-hydrogen) atoms. The van der Waals surface area contributed by atoms with Crippen LogP contribution in [0.5, 0.6) is 0 Å². The second kappa shape index (κ2) is 3.20. The molecule has 0 unspecified atom stereocenters. The van der Waals surface area contributed by atoms with E-state index < -0.39 is 5.97 Å². The molecule has 1 N–H and O–H groups in total. The van der Waals surface area contributed by atoms with Crippen molar-refractivity contribution in [2.75, 3.05) is 0 Å². The van der Waals surface area contributed by atoms with E-state index in [4.69, 9.17) is 9.63 Å². The molecule has 0 saturated carbocycles. The Kier molecular flexibility index (Phi) is 1.83. The molecule has 0 spiro atoms. The number of carboxylic acid groups (broad SMARTS) is 1. The van der Waals surface area contributed by atoms with Gasteiger partial charge in [0.05, 0.1) is 5.56 Å². The molecule has 1 aromatic heterocycles. The third-order valence-electron chi connectivity index (χ3n) is 2.87. The van der Waals surface area contributed by atoms with Crippen molar-refractivity contribution in [2.24, 2.45) is 0 Å². The molecule has 0 saturated heterocycles. The Morgan fingerprint density at radius 2 is 2.12 bits per heavy atom. The van der Waals surface area contributed by atoms with Gasteiger partial charge in [-0.3, -0.25) is 0 Å². The summed E-state index contributed by atoms with van der Waals surface area (Å²) < 4.78 is 5.07.